The lowest BCUT2D eigenvalue weighted by Crippen LogP contribution is -2.57. The van der Waals surface area contributed by atoms with Crippen LogP contribution in [0.3, 0.4) is 0 Å². The molecule has 4 N–H and O–H groups in total. The highest BCUT2D eigenvalue weighted by atomic mass is 35.5. The standard InChI is InChI=1S/C16H23NO2.ClH/c17-10-9-15-6-1-2-7-16(15,19)8-5-12-11-13(18)3-4-14(12)15;/h3-4,11,18-19H,1-2,5-10,17H2;1H/t15-,16+;/m1./s1. The van der Waals surface area contributed by atoms with Crippen LogP contribution < -0.4 is 5.73 Å². The second-order valence-corrected chi connectivity index (χ2v) is 6.20. The van der Waals surface area contributed by atoms with Crippen LogP contribution in [-0.4, -0.2) is 22.4 Å². The average Bonchev–Trinajstić information content (AvgIpc) is 2.39. The molecule has 0 saturated heterocycles. The predicted molar refractivity (Wildman–Crippen MR) is 82.4 cm³/mol. The molecule has 2 aliphatic rings. The third-order valence-corrected chi connectivity index (χ3v) is 5.32. The second kappa shape index (κ2) is 5.55. The molecule has 20 heavy (non-hydrogen) atoms. The molecule has 0 aliphatic heterocycles. The molecule has 0 spiro atoms. The molecule has 1 saturated carbocycles. The number of phenols is 1. The highest BCUT2D eigenvalue weighted by molar-refractivity contribution is 5.85. The average molecular weight is 298 g/mol. The highest BCUT2D eigenvalue weighted by Crippen LogP contribution is 2.54. The maximum absolute atomic E-state index is 11.2. The fourth-order valence-corrected chi connectivity index (χ4v) is 4.40. The Morgan fingerprint density at radius 3 is 2.65 bits per heavy atom. The summed E-state index contributed by atoms with van der Waals surface area (Å²) < 4.78 is 0. The molecule has 0 heterocycles. The summed E-state index contributed by atoms with van der Waals surface area (Å²) in [4.78, 5) is 0. The molecule has 1 aromatic rings. The van der Waals surface area contributed by atoms with Crippen LogP contribution in [0.15, 0.2) is 18.2 Å². The summed E-state index contributed by atoms with van der Waals surface area (Å²) in [5, 5.41) is 20.8. The molecule has 0 unspecified atom stereocenters. The number of fused-ring (bicyclic) bond motifs is 3. The van der Waals surface area contributed by atoms with E-state index in [9.17, 15) is 10.2 Å². The number of aryl methyl sites for hydroxylation is 1. The minimum atomic E-state index is -0.603. The maximum Gasteiger partial charge on any atom is 0.115 e. The van der Waals surface area contributed by atoms with Gasteiger partial charge in [0.15, 0.2) is 0 Å². The number of aliphatic hydroxyl groups is 1. The lowest BCUT2D eigenvalue weighted by molar-refractivity contribution is -0.0862. The normalized spacial score (nSPS) is 31.9. The smallest absolute Gasteiger partial charge is 0.115 e. The summed E-state index contributed by atoms with van der Waals surface area (Å²) in [7, 11) is 0. The molecule has 2 aliphatic carbocycles. The zero-order chi connectivity index (χ0) is 13.5. The van der Waals surface area contributed by atoms with E-state index in [0.29, 0.717) is 12.3 Å². The van der Waals surface area contributed by atoms with E-state index < -0.39 is 5.60 Å². The lowest BCUT2D eigenvalue weighted by Gasteiger charge is -2.54. The minimum Gasteiger partial charge on any atom is -0.508 e. The van der Waals surface area contributed by atoms with Crippen LogP contribution in [0.2, 0.25) is 0 Å². The Hall–Kier alpha value is -0.770. The van der Waals surface area contributed by atoms with Gasteiger partial charge in [-0.05, 0) is 61.9 Å². The van der Waals surface area contributed by atoms with Gasteiger partial charge in [0.05, 0.1) is 5.60 Å². The van der Waals surface area contributed by atoms with Crippen molar-refractivity contribution >= 4 is 12.4 Å². The van der Waals surface area contributed by atoms with Crippen LogP contribution in [-0.2, 0) is 11.8 Å². The Morgan fingerprint density at radius 2 is 1.90 bits per heavy atom. The Kier molecular flexibility index (Phi) is 4.33. The highest BCUT2D eigenvalue weighted by Gasteiger charge is 2.54. The molecule has 1 fully saturated rings. The third-order valence-electron chi connectivity index (χ3n) is 5.32. The molecular weight excluding hydrogens is 274 g/mol. The van der Waals surface area contributed by atoms with Crippen LogP contribution >= 0.6 is 12.4 Å². The van der Waals surface area contributed by atoms with Gasteiger partial charge in [-0.2, -0.15) is 0 Å². The fraction of sp³-hybridized carbons (Fsp3) is 0.625. The quantitative estimate of drug-likeness (QED) is 0.786. The first-order chi connectivity index (χ1) is 9.11. The number of benzene rings is 1. The van der Waals surface area contributed by atoms with Crippen molar-refractivity contribution in [2.45, 2.75) is 56.0 Å². The lowest BCUT2D eigenvalue weighted by atomic mass is 9.53. The first kappa shape index (κ1) is 15.6. The fourth-order valence-electron chi connectivity index (χ4n) is 4.40. The van der Waals surface area contributed by atoms with Crippen molar-refractivity contribution in [3.63, 3.8) is 0 Å². The molecule has 2 atom stereocenters. The Morgan fingerprint density at radius 1 is 1.15 bits per heavy atom. The van der Waals surface area contributed by atoms with Crippen LogP contribution in [0.1, 0.15) is 49.7 Å². The zero-order valence-corrected chi connectivity index (χ0v) is 12.6. The predicted octanol–water partition coefficient (Wildman–Crippen LogP) is 2.65. The van der Waals surface area contributed by atoms with Gasteiger partial charge >= 0.3 is 0 Å². The van der Waals surface area contributed by atoms with Gasteiger partial charge in [0.25, 0.3) is 0 Å². The minimum absolute atomic E-state index is 0. The summed E-state index contributed by atoms with van der Waals surface area (Å²) in [5.41, 5.74) is 7.47. The van der Waals surface area contributed by atoms with Crippen LogP contribution in [0.25, 0.3) is 0 Å². The number of nitrogens with two attached hydrogens (primary N) is 1. The summed E-state index contributed by atoms with van der Waals surface area (Å²) in [6.45, 7) is 0.600. The second-order valence-electron chi connectivity index (χ2n) is 6.20. The van der Waals surface area contributed by atoms with Gasteiger partial charge in [-0.1, -0.05) is 18.9 Å². The molecule has 4 heteroatoms. The van der Waals surface area contributed by atoms with Crippen molar-refractivity contribution in [2.24, 2.45) is 5.73 Å². The van der Waals surface area contributed by atoms with Crippen molar-refractivity contribution in [3.05, 3.63) is 29.3 Å². The number of aromatic hydroxyl groups is 1. The summed E-state index contributed by atoms with van der Waals surface area (Å²) in [6, 6.07) is 5.62. The SMILES string of the molecule is Cl.NCC[C@@]12CCCC[C@]1(O)CCc1cc(O)ccc12. The summed E-state index contributed by atoms with van der Waals surface area (Å²) in [5.74, 6) is 0.322. The van der Waals surface area contributed by atoms with Gasteiger partial charge in [-0.15, -0.1) is 12.4 Å². The van der Waals surface area contributed by atoms with E-state index in [0.717, 1.165) is 44.9 Å². The van der Waals surface area contributed by atoms with Crippen LogP contribution in [0.5, 0.6) is 5.75 Å². The maximum atomic E-state index is 11.2. The largest absolute Gasteiger partial charge is 0.508 e. The van der Waals surface area contributed by atoms with E-state index in [4.69, 9.17) is 5.73 Å². The van der Waals surface area contributed by atoms with E-state index in [2.05, 4.69) is 0 Å². The molecule has 0 amide bonds. The van der Waals surface area contributed by atoms with E-state index in [1.807, 2.05) is 12.1 Å². The number of rotatable bonds is 2. The molecule has 112 valence electrons. The zero-order valence-electron chi connectivity index (χ0n) is 11.8. The van der Waals surface area contributed by atoms with Crippen molar-refractivity contribution in [2.75, 3.05) is 6.54 Å². The summed E-state index contributed by atoms with van der Waals surface area (Å²) >= 11 is 0. The van der Waals surface area contributed by atoms with Gasteiger partial charge in [0, 0.05) is 5.41 Å². The van der Waals surface area contributed by atoms with Gasteiger partial charge < -0.3 is 15.9 Å². The molecule has 0 radical (unpaired) electrons. The van der Waals surface area contributed by atoms with E-state index in [1.165, 1.54) is 11.1 Å². The van der Waals surface area contributed by atoms with Crippen molar-refractivity contribution in [3.8, 4) is 5.75 Å². The van der Waals surface area contributed by atoms with Crippen LogP contribution in [0.4, 0.5) is 0 Å². The number of halogens is 1. The van der Waals surface area contributed by atoms with Crippen molar-refractivity contribution in [1.82, 2.24) is 0 Å². The first-order valence-corrected chi connectivity index (χ1v) is 7.36. The summed E-state index contributed by atoms with van der Waals surface area (Å²) in [6.07, 6.45) is 6.64. The third kappa shape index (κ3) is 2.12. The van der Waals surface area contributed by atoms with Crippen molar-refractivity contribution in [1.29, 1.82) is 0 Å². The first-order valence-electron chi connectivity index (χ1n) is 7.36. The number of hydrogen-bond donors (Lipinski definition) is 3. The van der Waals surface area contributed by atoms with Crippen molar-refractivity contribution < 1.29 is 10.2 Å². The van der Waals surface area contributed by atoms with E-state index in [-0.39, 0.29) is 17.8 Å². The van der Waals surface area contributed by atoms with Gasteiger partial charge in [-0.3, -0.25) is 0 Å². The van der Waals surface area contributed by atoms with Gasteiger partial charge in [-0.25, -0.2) is 0 Å². The molecule has 1 aromatic carbocycles. The van der Waals surface area contributed by atoms with E-state index >= 15 is 0 Å². The van der Waals surface area contributed by atoms with Gasteiger partial charge in [0.1, 0.15) is 5.75 Å². The molecular formula is C16H24ClNO2. The molecule has 3 nitrogen and oxygen atoms in total. The molecule has 0 aromatic heterocycles. The Bertz CT molecular complexity index is 489. The topological polar surface area (TPSA) is 66.5 Å². The number of hydrogen-bond acceptors (Lipinski definition) is 3. The number of phenolic OH excluding ortho intramolecular Hbond substituents is 1. The van der Waals surface area contributed by atoms with Crippen LogP contribution in [0, 0.1) is 0 Å². The molecule has 0 bridgehead atoms. The Balaban J connectivity index is 0.00000147. The molecule has 3 rings (SSSR count). The van der Waals surface area contributed by atoms with Gasteiger partial charge in [0.2, 0.25) is 0 Å². The monoisotopic (exact) mass is 297 g/mol. The van der Waals surface area contributed by atoms with E-state index in [1.54, 1.807) is 6.07 Å². The Labute approximate surface area is 126 Å².